The zero-order chi connectivity index (χ0) is 16.5. The summed E-state index contributed by atoms with van der Waals surface area (Å²) in [6, 6.07) is 0. The van der Waals surface area contributed by atoms with Crippen LogP contribution in [0.4, 0.5) is 4.79 Å². The Hall–Kier alpha value is -2.29. The zero-order valence-electron chi connectivity index (χ0n) is 13.4. The first-order chi connectivity index (χ1) is 9.69. The van der Waals surface area contributed by atoms with Gasteiger partial charge in [-0.1, -0.05) is 50.1 Å². The molecule has 0 bridgehead atoms. The van der Waals surface area contributed by atoms with Crippen LogP contribution in [0.3, 0.4) is 0 Å². The molecular weight excluding hydrogens is 262 g/mol. The number of amides is 1. The Bertz CT molecular complexity index is 500. The van der Waals surface area contributed by atoms with Gasteiger partial charge in [0.2, 0.25) is 0 Å². The molecule has 21 heavy (non-hydrogen) atoms. The van der Waals surface area contributed by atoms with Crippen molar-refractivity contribution < 1.29 is 9.53 Å². The lowest BCUT2D eigenvalue weighted by Gasteiger charge is -2.19. The molecule has 0 heterocycles. The third-order valence-corrected chi connectivity index (χ3v) is 2.24. The fraction of sp³-hybridized carbons (Fsp3) is 0.278. The number of carbonyl (C=O) groups is 1. The number of allylic oxidation sites excluding steroid dienone is 8. The Labute approximate surface area is 128 Å². The summed E-state index contributed by atoms with van der Waals surface area (Å²) in [5, 5.41) is 2.56. The summed E-state index contributed by atoms with van der Waals surface area (Å²) in [6.07, 6.45) is 10.3. The summed E-state index contributed by atoms with van der Waals surface area (Å²) in [6.45, 7) is 18.7. The van der Waals surface area contributed by atoms with Gasteiger partial charge in [-0.15, -0.1) is 0 Å². The molecule has 0 unspecified atom stereocenters. The van der Waals surface area contributed by atoms with Crippen molar-refractivity contribution in [1.29, 1.82) is 0 Å². The summed E-state index contributed by atoms with van der Waals surface area (Å²) in [5.41, 5.74) is 1.69. The standard InChI is InChI=1S/C18H25NO2/c1-8-10-11-14(3)16(9-2)13-12-15(4)19-17(20)21-18(5,6)7/h8-13H,1,3-4H2,2,5-7H3,(H,19,20)/b11-10-,13-12-,16-9+. The van der Waals surface area contributed by atoms with Gasteiger partial charge >= 0.3 is 6.09 Å². The normalized spacial score (nSPS) is 12.5. The molecule has 0 spiro atoms. The Balaban J connectivity index is 4.62. The van der Waals surface area contributed by atoms with E-state index in [0.717, 1.165) is 11.1 Å². The first-order valence-corrected chi connectivity index (χ1v) is 6.71. The SMILES string of the molecule is C=C/C=C\C(=C)C(/C=C\C(=C)NC(=O)OC(C)(C)C)=C/C. The minimum atomic E-state index is -0.535. The average Bonchev–Trinajstić information content (AvgIpc) is 2.34. The third-order valence-electron chi connectivity index (χ3n) is 2.24. The minimum Gasteiger partial charge on any atom is -0.444 e. The van der Waals surface area contributed by atoms with Crippen molar-refractivity contribution in [3.05, 3.63) is 73.0 Å². The maximum atomic E-state index is 11.6. The highest BCUT2D eigenvalue weighted by Crippen LogP contribution is 2.12. The molecule has 0 aliphatic rings. The lowest BCUT2D eigenvalue weighted by Crippen LogP contribution is -2.31. The van der Waals surface area contributed by atoms with Gasteiger partial charge in [-0.2, -0.15) is 0 Å². The van der Waals surface area contributed by atoms with E-state index >= 15 is 0 Å². The summed E-state index contributed by atoms with van der Waals surface area (Å²) < 4.78 is 5.14. The van der Waals surface area contributed by atoms with Gasteiger partial charge in [-0.25, -0.2) is 4.79 Å². The van der Waals surface area contributed by atoms with Gasteiger partial charge in [0.05, 0.1) is 0 Å². The number of hydrogen-bond acceptors (Lipinski definition) is 2. The number of nitrogens with one attached hydrogen (secondary N) is 1. The topological polar surface area (TPSA) is 38.3 Å². The van der Waals surface area contributed by atoms with E-state index in [1.807, 2.05) is 31.2 Å². The maximum Gasteiger partial charge on any atom is 0.412 e. The Kier molecular flexibility index (Phi) is 7.84. The molecule has 0 rings (SSSR count). The van der Waals surface area contributed by atoms with Crippen molar-refractivity contribution >= 4 is 6.09 Å². The van der Waals surface area contributed by atoms with Gasteiger partial charge in [-0.05, 0) is 44.9 Å². The average molecular weight is 287 g/mol. The summed E-state index contributed by atoms with van der Waals surface area (Å²) in [4.78, 5) is 11.6. The van der Waals surface area contributed by atoms with Crippen LogP contribution < -0.4 is 5.32 Å². The molecule has 0 saturated carbocycles. The van der Waals surface area contributed by atoms with Gasteiger partial charge in [0.25, 0.3) is 0 Å². The second-order valence-corrected chi connectivity index (χ2v) is 5.35. The van der Waals surface area contributed by atoms with E-state index in [1.54, 1.807) is 32.9 Å². The third kappa shape index (κ3) is 9.27. The molecule has 0 aromatic heterocycles. The van der Waals surface area contributed by atoms with Crippen LogP contribution in [0.15, 0.2) is 73.0 Å². The summed E-state index contributed by atoms with van der Waals surface area (Å²) >= 11 is 0. The van der Waals surface area contributed by atoms with Crippen LogP contribution in [0, 0.1) is 0 Å². The van der Waals surface area contributed by atoms with E-state index in [9.17, 15) is 4.79 Å². The van der Waals surface area contributed by atoms with E-state index in [2.05, 4.69) is 25.1 Å². The van der Waals surface area contributed by atoms with Gasteiger partial charge in [0.1, 0.15) is 5.60 Å². The Morgan fingerprint density at radius 2 is 1.76 bits per heavy atom. The quantitative estimate of drug-likeness (QED) is 0.711. The fourth-order valence-corrected chi connectivity index (χ4v) is 1.34. The molecule has 3 heteroatoms. The Morgan fingerprint density at radius 3 is 2.24 bits per heavy atom. The van der Waals surface area contributed by atoms with E-state index in [1.165, 1.54) is 0 Å². The van der Waals surface area contributed by atoms with Gasteiger partial charge < -0.3 is 4.74 Å². The van der Waals surface area contributed by atoms with Crippen LogP contribution in [0.2, 0.25) is 0 Å². The number of alkyl carbamates (subject to hydrolysis) is 1. The summed E-state index contributed by atoms with van der Waals surface area (Å²) in [5.74, 6) is 0. The lowest BCUT2D eigenvalue weighted by atomic mass is 10.1. The molecule has 0 radical (unpaired) electrons. The predicted molar refractivity (Wildman–Crippen MR) is 89.9 cm³/mol. The second kappa shape index (κ2) is 8.80. The van der Waals surface area contributed by atoms with Gasteiger partial charge in [-0.3, -0.25) is 5.32 Å². The molecule has 0 aromatic rings. The molecule has 0 saturated heterocycles. The Morgan fingerprint density at radius 1 is 1.14 bits per heavy atom. The lowest BCUT2D eigenvalue weighted by molar-refractivity contribution is 0.0548. The first kappa shape index (κ1) is 18.7. The molecule has 1 amide bonds. The highest BCUT2D eigenvalue weighted by molar-refractivity contribution is 5.70. The van der Waals surface area contributed by atoms with Gasteiger partial charge in [0.15, 0.2) is 0 Å². The number of carbonyl (C=O) groups excluding carboxylic acids is 1. The number of rotatable bonds is 6. The van der Waals surface area contributed by atoms with Crippen LogP contribution in [0.5, 0.6) is 0 Å². The van der Waals surface area contributed by atoms with E-state index in [4.69, 9.17) is 4.74 Å². The van der Waals surface area contributed by atoms with E-state index in [0.29, 0.717) is 5.70 Å². The molecule has 0 aliphatic carbocycles. The second-order valence-electron chi connectivity index (χ2n) is 5.35. The molecule has 0 fully saturated rings. The monoisotopic (exact) mass is 287 g/mol. The minimum absolute atomic E-state index is 0.448. The predicted octanol–water partition coefficient (Wildman–Crippen LogP) is 4.83. The maximum absolute atomic E-state index is 11.6. The highest BCUT2D eigenvalue weighted by Gasteiger charge is 2.15. The van der Waals surface area contributed by atoms with Crippen molar-refractivity contribution in [1.82, 2.24) is 5.32 Å². The van der Waals surface area contributed by atoms with Crippen LogP contribution >= 0.6 is 0 Å². The zero-order valence-corrected chi connectivity index (χ0v) is 13.4. The van der Waals surface area contributed by atoms with Crippen molar-refractivity contribution in [3.63, 3.8) is 0 Å². The molecule has 0 atom stereocenters. The molecule has 0 aromatic carbocycles. The number of hydrogen-bond donors (Lipinski definition) is 1. The molecular formula is C18H25NO2. The molecule has 114 valence electrons. The highest BCUT2D eigenvalue weighted by atomic mass is 16.6. The number of ether oxygens (including phenoxy) is 1. The van der Waals surface area contributed by atoms with E-state index in [-0.39, 0.29) is 0 Å². The first-order valence-electron chi connectivity index (χ1n) is 6.71. The van der Waals surface area contributed by atoms with Crippen LogP contribution in [-0.2, 0) is 4.74 Å². The smallest absolute Gasteiger partial charge is 0.412 e. The fourth-order valence-electron chi connectivity index (χ4n) is 1.34. The molecule has 1 N–H and O–H groups in total. The van der Waals surface area contributed by atoms with Crippen molar-refractivity contribution in [2.75, 3.05) is 0 Å². The largest absolute Gasteiger partial charge is 0.444 e. The van der Waals surface area contributed by atoms with Crippen molar-refractivity contribution in [2.24, 2.45) is 0 Å². The van der Waals surface area contributed by atoms with Crippen LogP contribution in [-0.4, -0.2) is 11.7 Å². The van der Waals surface area contributed by atoms with E-state index < -0.39 is 11.7 Å². The van der Waals surface area contributed by atoms with Crippen LogP contribution in [0.25, 0.3) is 0 Å². The van der Waals surface area contributed by atoms with Crippen molar-refractivity contribution in [3.8, 4) is 0 Å². The van der Waals surface area contributed by atoms with Gasteiger partial charge in [0, 0.05) is 5.70 Å². The molecule has 3 nitrogen and oxygen atoms in total. The summed E-state index contributed by atoms with van der Waals surface area (Å²) in [7, 11) is 0. The molecule has 0 aliphatic heterocycles. The van der Waals surface area contributed by atoms with Crippen molar-refractivity contribution in [2.45, 2.75) is 33.3 Å². The van der Waals surface area contributed by atoms with Crippen LogP contribution in [0.1, 0.15) is 27.7 Å².